The molecule has 1 unspecified atom stereocenters. The van der Waals surface area contributed by atoms with E-state index in [0.29, 0.717) is 18.7 Å². The lowest BCUT2D eigenvalue weighted by Gasteiger charge is -2.39. The second-order valence-corrected chi connectivity index (χ2v) is 9.97. The molecular weight excluding hydrogens is 510 g/mol. The summed E-state index contributed by atoms with van der Waals surface area (Å²) < 4.78 is 11.0. The van der Waals surface area contributed by atoms with Crippen LogP contribution in [0.4, 0.5) is 17.1 Å². The smallest absolute Gasteiger partial charge is 0.313 e. The Bertz CT molecular complexity index is 1300. The molecular formula is C30H35N5O5. The minimum Gasteiger partial charge on any atom is -0.497 e. The standard InChI is InChI=1S/C30H35N5O5/c1-39-25-12-10-23(11-13-25)33-15-17-34(18-16-33)26(27-8-5-19-40-27)21-31-29(37)30(38)32-22-6-4-7-24(20-22)35-14-3-2-9-28(35)36/h4-8,10-13,19-20,26H,2-3,9,14-18,21H2,1H3,(H,31,37)(H,32,38). The Hall–Kier alpha value is -4.31. The predicted octanol–water partition coefficient (Wildman–Crippen LogP) is 3.42. The zero-order chi connectivity index (χ0) is 27.9. The summed E-state index contributed by atoms with van der Waals surface area (Å²) in [5.41, 5.74) is 2.32. The highest BCUT2D eigenvalue weighted by molar-refractivity contribution is 6.39. The van der Waals surface area contributed by atoms with E-state index in [4.69, 9.17) is 9.15 Å². The number of piperidine rings is 1. The lowest BCUT2D eigenvalue weighted by atomic mass is 10.1. The Kier molecular flexibility index (Phi) is 8.65. The Balaban J connectivity index is 1.17. The molecule has 210 valence electrons. The first-order valence-electron chi connectivity index (χ1n) is 13.7. The first-order valence-corrected chi connectivity index (χ1v) is 13.7. The Morgan fingerprint density at radius 3 is 2.42 bits per heavy atom. The van der Waals surface area contributed by atoms with Crippen LogP contribution in [0.25, 0.3) is 0 Å². The fourth-order valence-corrected chi connectivity index (χ4v) is 5.26. The van der Waals surface area contributed by atoms with Gasteiger partial charge in [-0.05, 0) is 67.4 Å². The van der Waals surface area contributed by atoms with E-state index in [-0.39, 0.29) is 18.5 Å². The fourth-order valence-electron chi connectivity index (χ4n) is 5.26. The lowest BCUT2D eigenvalue weighted by Crippen LogP contribution is -2.50. The second kappa shape index (κ2) is 12.7. The molecule has 0 bridgehead atoms. The summed E-state index contributed by atoms with van der Waals surface area (Å²) in [4.78, 5) is 44.1. The summed E-state index contributed by atoms with van der Waals surface area (Å²) in [7, 11) is 1.65. The molecule has 2 aromatic carbocycles. The summed E-state index contributed by atoms with van der Waals surface area (Å²) in [5.74, 6) is 0.140. The van der Waals surface area contributed by atoms with Crippen molar-refractivity contribution in [2.24, 2.45) is 0 Å². The van der Waals surface area contributed by atoms with Gasteiger partial charge in [0, 0.05) is 62.8 Å². The third-order valence-electron chi connectivity index (χ3n) is 7.47. The van der Waals surface area contributed by atoms with Crippen molar-refractivity contribution in [2.75, 3.05) is 61.5 Å². The average molecular weight is 546 g/mol. The molecule has 0 saturated carbocycles. The molecule has 0 radical (unpaired) electrons. The highest BCUT2D eigenvalue weighted by atomic mass is 16.5. The number of carbonyl (C=O) groups is 3. The van der Waals surface area contributed by atoms with Gasteiger partial charge in [-0.2, -0.15) is 0 Å². The number of furan rings is 1. The summed E-state index contributed by atoms with van der Waals surface area (Å²) >= 11 is 0. The van der Waals surface area contributed by atoms with Crippen molar-refractivity contribution in [3.63, 3.8) is 0 Å². The van der Waals surface area contributed by atoms with Crippen molar-refractivity contribution in [3.8, 4) is 5.75 Å². The molecule has 2 saturated heterocycles. The average Bonchev–Trinajstić information content (AvgIpc) is 3.53. The van der Waals surface area contributed by atoms with Crippen molar-refractivity contribution >= 4 is 34.8 Å². The first-order chi connectivity index (χ1) is 19.5. The molecule has 5 rings (SSSR count). The van der Waals surface area contributed by atoms with E-state index in [2.05, 4.69) is 32.6 Å². The summed E-state index contributed by atoms with van der Waals surface area (Å²) in [6, 6.07) is 18.6. The number of hydrogen-bond acceptors (Lipinski definition) is 7. The van der Waals surface area contributed by atoms with E-state index in [1.807, 2.05) is 30.3 Å². The van der Waals surface area contributed by atoms with Crippen LogP contribution in [0.2, 0.25) is 0 Å². The number of rotatable bonds is 8. The van der Waals surface area contributed by atoms with E-state index in [0.717, 1.165) is 61.9 Å². The maximum Gasteiger partial charge on any atom is 0.313 e. The van der Waals surface area contributed by atoms with Gasteiger partial charge in [-0.25, -0.2) is 0 Å². The number of nitrogens with one attached hydrogen (secondary N) is 2. The molecule has 3 aromatic rings. The molecule has 1 aromatic heterocycles. The maximum atomic E-state index is 12.8. The van der Waals surface area contributed by atoms with Crippen LogP contribution in [0.15, 0.2) is 71.3 Å². The van der Waals surface area contributed by atoms with Crippen LogP contribution >= 0.6 is 0 Å². The van der Waals surface area contributed by atoms with Crippen molar-refractivity contribution in [3.05, 3.63) is 72.7 Å². The summed E-state index contributed by atoms with van der Waals surface area (Å²) in [6.45, 7) is 4.04. The summed E-state index contributed by atoms with van der Waals surface area (Å²) in [6.07, 6.45) is 3.97. The molecule has 40 heavy (non-hydrogen) atoms. The number of ether oxygens (including phenoxy) is 1. The monoisotopic (exact) mass is 545 g/mol. The molecule has 10 heteroatoms. The van der Waals surface area contributed by atoms with Crippen LogP contribution < -0.4 is 25.2 Å². The van der Waals surface area contributed by atoms with Crippen molar-refractivity contribution in [1.29, 1.82) is 0 Å². The van der Waals surface area contributed by atoms with Crippen LogP contribution in [-0.4, -0.2) is 69.0 Å². The largest absolute Gasteiger partial charge is 0.497 e. The van der Waals surface area contributed by atoms with Gasteiger partial charge in [-0.1, -0.05) is 6.07 Å². The highest BCUT2D eigenvalue weighted by Crippen LogP contribution is 2.26. The Labute approximate surface area is 233 Å². The number of amides is 3. The third kappa shape index (κ3) is 6.45. The van der Waals surface area contributed by atoms with Crippen LogP contribution in [0, 0.1) is 0 Å². The van der Waals surface area contributed by atoms with Gasteiger partial charge in [-0.15, -0.1) is 0 Å². The van der Waals surface area contributed by atoms with Gasteiger partial charge >= 0.3 is 11.8 Å². The van der Waals surface area contributed by atoms with E-state index in [1.54, 1.807) is 36.5 Å². The van der Waals surface area contributed by atoms with Crippen molar-refractivity contribution in [2.45, 2.75) is 25.3 Å². The van der Waals surface area contributed by atoms with Crippen LogP contribution in [0.5, 0.6) is 5.75 Å². The number of nitrogens with zero attached hydrogens (tertiary/aromatic N) is 3. The van der Waals surface area contributed by atoms with Gasteiger partial charge < -0.3 is 29.6 Å². The molecule has 3 heterocycles. The van der Waals surface area contributed by atoms with E-state index in [9.17, 15) is 14.4 Å². The molecule has 1 atom stereocenters. The topological polar surface area (TPSA) is 107 Å². The van der Waals surface area contributed by atoms with Crippen LogP contribution in [0.3, 0.4) is 0 Å². The van der Waals surface area contributed by atoms with Crippen LogP contribution in [0.1, 0.15) is 31.1 Å². The predicted molar refractivity (Wildman–Crippen MR) is 153 cm³/mol. The summed E-state index contributed by atoms with van der Waals surface area (Å²) in [5, 5.41) is 5.45. The second-order valence-electron chi connectivity index (χ2n) is 9.97. The Morgan fingerprint density at radius 2 is 1.73 bits per heavy atom. The van der Waals surface area contributed by atoms with Gasteiger partial charge in [0.05, 0.1) is 19.4 Å². The van der Waals surface area contributed by atoms with Crippen molar-refractivity contribution in [1.82, 2.24) is 10.2 Å². The number of carbonyl (C=O) groups excluding carboxylic acids is 3. The first kappa shape index (κ1) is 27.3. The molecule has 0 aliphatic carbocycles. The zero-order valence-electron chi connectivity index (χ0n) is 22.7. The molecule has 3 amide bonds. The lowest BCUT2D eigenvalue weighted by molar-refractivity contribution is -0.136. The minimum atomic E-state index is -0.760. The number of methoxy groups -OCH3 is 1. The van der Waals surface area contributed by atoms with E-state index in [1.165, 1.54) is 0 Å². The highest BCUT2D eigenvalue weighted by Gasteiger charge is 2.28. The van der Waals surface area contributed by atoms with Crippen LogP contribution in [-0.2, 0) is 14.4 Å². The third-order valence-corrected chi connectivity index (χ3v) is 7.47. The molecule has 10 nitrogen and oxygen atoms in total. The normalized spacial score (nSPS) is 16.9. The number of piperazine rings is 1. The quantitative estimate of drug-likeness (QED) is 0.418. The SMILES string of the molecule is COc1ccc(N2CCN(C(CNC(=O)C(=O)Nc3cccc(N4CCCCC4=O)c3)c3ccco3)CC2)cc1. The number of benzene rings is 2. The fraction of sp³-hybridized carbons (Fsp3) is 0.367. The Morgan fingerprint density at radius 1 is 0.925 bits per heavy atom. The molecule has 2 N–H and O–H groups in total. The molecule has 2 aliphatic heterocycles. The van der Waals surface area contributed by atoms with Gasteiger partial charge in [0.15, 0.2) is 0 Å². The minimum absolute atomic E-state index is 0.0706. The van der Waals surface area contributed by atoms with Gasteiger partial charge in [0.2, 0.25) is 5.91 Å². The van der Waals surface area contributed by atoms with E-state index >= 15 is 0 Å². The zero-order valence-corrected chi connectivity index (χ0v) is 22.7. The number of hydrogen-bond donors (Lipinski definition) is 2. The van der Waals surface area contributed by atoms with E-state index < -0.39 is 11.8 Å². The molecule has 2 fully saturated rings. The maximum absolute atomic E-state index is 12.8. The van der Waals surface area contributed by atoms with Gasteiger partial charge in [-0.3, -0.25) is 19.3 Å². The molecule has 0 spiro atoms. The van der Waals surface area contributed by atoms with Gasteiger partial charge in [0.25, 0.3) is 0 Å². The number of anilines is 3. The van der Waals surface area contributed by atoms with Gasteiger partial charge in [0.1, 0.15) is 11.5 Å². The molecule has 2 aliphatic rings. The van der Waals surface area contributed by atoms with Crippen molar-refractivity contribution < 1.29 is 23.5 Å².